The molecule has 124 valence electrons. The molecule has 21 heavy (non-hydrogen) atoms. The molecule has 0 aliphatic carbocycles. The van der Waals surface area contributed by atoms with E-state index in [0.717, 1.165) is 0 Å². The summed E-state index contributed by atoms with van der Waals surface area (Å²) in [6.07, 6.45) is 0.232. The van der Waals surface area contributed by atoms with Gasteiger partial charge in [-0.1, -0.05) is 13.3 Å². The van der Waals surface area contributed by atoms with E-state index in [9.17, 15) is 23.1 Å². The lowest BCUT2D eigenvalue weighted by Gasteiger charge is -2.28. The van der Waals surface area contributed by atoms with Gasteiger partial charge in [-0.05, 0) is 40.5 Å². The van der Waals surface area contributed by atoms with Crippen LogP contribution in [-0.2, 0) is 24.2 Å². The number of carbonyl (C=O) groups excluding carboxylic acids is 1. The Morgan fingerprint density at radius 2 is 1.62 bits per heavy atom. The molecule has 0 aromatic heterocycles. The van der Waals surface area contributed by atoms with Gasteiger partial charge in [0, 0.05) is 0 Å². The van der Waals surface area contributed by atoms with Gasteiger partial charge in [-0.2, -0.15) is 0 Å². The minimum Gasteiger partial charge on any atom is -0.480 e. The average Bonchev–Trinajstić information content (AvgIpc) is 2.32. The second kappa shape index (κ2) is 7.24. The van der Waals surface area contributed by atoms with Crippen LogP contribution < -0.4 is 0 Å². The van der Waals surface area contributed by atoms with Crippen LogP contribution in [-0.4, -0.2) is 42.6 Å². The number of aliphatic carboxylic acids is 1. The Labute approximate surface area is 126 Å². The van der Waals surface area contributed by atoms with Crippen LogP contribution in [0.3, 0.4) is 0 Å². The predicted octanol–water partition coefficient (Wildman–Crippen LogP) is 2.02. The number of hydrogen-bond donors (Lipinski definition) is 1. The Kier molecular flexibility index (Phi) is 6.86. The zero-order chi connectivity index (χ0) is 16.9. The first-order valence-electron chi connectivity index (χ1n) is 7.07. The first kappa shape index (κ1) is 19.9. The van der Waals surface area contributed by atoms with Crippen molar-refractivity contribution in [2.24, 2.45) is 5.41 Å². The summed E-state index contributed by atoms with van der Waals surface area (Å²) >= 11 is 0. The molecule has 0 aromatic carbocycles. The number of carboxylic acid groups (broad SMARTS) is 1. The number of carboxylic acids is 1. The zero-order valence-corrected chi connectivity index (χ0v) is 14.2. The topological polar surface area (TPSA) is 97.7 Å². The maximum atomic E-state index is 12.2. The third-order valence-electron chi connectivity index (χ3n) is 3.48. The minimum atomic E-state index is -3.50. The summed E-state index contributed by atoms with van der Waals surface area (Å²) in [5.74, 6) is -2.54. The lowest BCUT2D eigenvalue weighted by Crippen LogP contribution is -2.43. The van der Waals surface area contributed by atoms with Gasteiger partial charge >= 0.3 is 11.9 Å². The van der Waals surface area contributed by atoms with Gasteiger partial charge in [0.05, 0.1) is 17.1 Å². The maximum absolute atomic E-state index is 12.2. The van der Waals surface area contributed by atoms with E-state index in [-0.39, 0.29) is 25.2 Å². The minimum absolute atomic E-state index is 0.0564. The normalized spacial score (nSPS) is 15.3. The fourth-order valence-corrected chi connectivity index (χ4v) is 3.17. The Balaban J connectivity index is 5.44. The van der Waals surface area contributed by atoms with E-state index in [1.807, 2.05) is 0 Å². The quantitative estimate of drug-likeness (QED) is 0.542. The summed E-state index contributed by atoms with van der Waals surface area (Å²) in [5.41, 5.74) is -1.79. The maximum Gasteiger partial charge on any atom is 0.323 e. The molecule has 0 heterocycles. The number of carbonyl (C=O) groups is 2. The number of hydrogen-bond acceptors (Lipinski definition) is 5. The van der Waals surface area contributed by atoms with Gasteiger partial charge in [0.2, 0.25) is 0 Å². The zero-order valence-electron chi connectivity index (χ0n) is 13.4. The Morgan fingerprint density at radius 1 is 1.10 bits per heavy atom. The lowest BCUT2D eigenvalue weighted by atomic mass is 9.81. The van der Waals surface area contributed by atoms with Gasteiger partial charge in [0.1, 0.15) is 0 Å². The van der Waals surface area contributed by atoms with E-state index in [4.69, 9.17) is 4.74 Å². The van der Waals surface area contributed by atoms with Gasteiger partial charge in [-0.3, -0.25) is 9.59 Å². The van der Waals surface area contributed by atoms with Crippen molar-refractivity contribution in [3.05, 3.63) is 0 Å². The van der Waals surface area contributed by atoms with E-state index in [2.05, 4.69) is 0 Å². The highest BCUT2D eigenvalue weighted by Crippen LogP contribution is 2.33. The van der Waals surface area contributed by atoms with Crippen LogP contribution in [0, 0.1) is 5.41 Å². The molecule has 0 amide bonds. The second-order valence-electron chi connectivity index (χ2n) is 6.04. The molecule has 0 radical (unpaired) electrons. The van der Waals surface area contributed by atoms with Crippen molar-refractivity contribution in [2.45, 2.75) is 58.6 Å². The number of ether oxygens (including phenoxy) is 1. The Bertz CT molecular complexity index is 474. The molecular formula is C14H26O6S. The first-order valence-corrected chi connectivity index (χ1v) is 8.72. The fourth-order valence-electron chi connectivity index (χ4n) is 1.94. The molecule has 0 saturated carbocycles. The molecule has 0 aliphatic rings. The molecule has 7 heteroatoms. The van der Waals surface area contributed by atoms with E-state index in [0.29, 0.717) is 6.42 Å². The Morgan fingerprint density at radius 3 is 1.95 bits per heavy atom. The number of sulfone groups is 1. The van der Waals surface area contributed by atoms with Crippen LogP contribution in [0.25, 0.3) is 0 Å². The van der Waals surface area contributed by atoms with E-state index >= 15 is 0 Å². The van der Waals surface area contributed by atoms with E-state index in [1.165, 1.54) is 0 Å². The number of esters is 1. The van der Waals surface area contributed by atoms with Gasteiger partial charge in [0.15, 0.2) is 15.3 Å². The van der Waals surface area contributed by atoms with Crippen LogP contribution in [0.15, 0.2) is 0 Å². The lowest BCUT2D eigenvalue weighted by molar-refractivity contribution is -0.169. The second-order valence-corrected chi connectivity index (χ2v) is 8.90. The summed E-state index contributed by atoms with van der Waals surface area (Å²) in [5, 5.41) is 9.46. The molecule has 0 fully saturated rings. The standard InChI is InChI=1S/C14H26O6S/c1-6-8-14(11(15)16,12(17)20-7-2)9-10-21(18,19)13(3,4)5/h6-10H2,1-5H3,(H,15,16). The number of rotatable bonds is 8. The highest BCUT2D eigenvalue weighted by atomic mass is 32.2. The van der Waals surface area contributed by atoms with Gasteiger partial charge in [0.25, 0.3) is 0 Å². The third-order valence-corrected chi connectivity index (χ3v) is 6.09. The van der Waals surface area contributed by atoms with E-state index < -0.39 is 31.9 Å². The van der Waals surface area contributed by atoms with Crippen molar-refractivity contribution in [1.82, 2.24) is 0 Å². The van der Waals surface area contributed by atoms with Gasteiger partial charge < -0.3 is 9.84 Å². The summed E-state index contributed by atoms with van der Waals surface area (Å²) < 4.78 is 28.2. The Hall–Kier alpha value is -1.11. The summed E-state index contributed by atoms with van der Waals surface area (Å²) in [4.78, 5) is 23.7. The highest BCUT2D eigenvalue weighted by molar-refractivity contribution is 7.92. The molecule has 0 saturated heterocycles. The van der Waals surface area contributed by atoms with Gasteiger partial charge in [-0.25, -0.2) is 8.42 Å². The monoisotopic (exact) mass is 322 g/mol. The smallest absolute Gasteiger partial charge is 0.323 e. The molecular weight excluding hydrogens is 296 g/mol. The van der Waals surface area contributed by atoms with Gasteiger partial charge in [-0.15, -0.1) is 0 Å². The third kappa shape index (κ3) is 4.69. The fraction of sp³-hybridized carbons (Fsp3) is 0.857. The molecule has 0 rings (SSSR count). The summed E-state index contributed by atoms with van der Waals surface area (Å²) in [6.45, 7) is 8.04. The average molecular weight is 322 g/mol. The first-order chi connectivity index (χ1) is 9.44. The van der Waals surface area contributed by atoms with Crippen LogP contribution in [0.1, 0.15) is 53.9 Å². The van der Waals surface area contributed by atoms with Crippen LogP contribution in [0.2, 0.25) is 0 Å². The van der Waals surface area contributed by atoms with Crippen molar-refractivity contribution < 1.29 is 27.9 Å². The molecule has 0 aromatic rings. The molecule has 1 N–H and O–H groups in total. The largest absolute Gasteiger partial charge is 0.480 e. The van der Waals surface area contributed by atoms with Crippen molar-refractivity contribution in [1.29, 1.82) is 0 Å². The molecule has 6 nitrogen and oxygen atoms in total. The van der Waals surface area contributed by atoms with Crippen LogP contribution in [0.4, 0.5) is 0 Å². The SMILES string of the molecule is CCCC(CCS(=O)(=O)C(C)(C)C)(C(=O)O)C(=O)OCC. The van der Waals surface area contributed by atoms with Crippen LogP contribution >= 0.6 is 0 Å². The summed E-state index contributed by atoms with van der Waals surface area (Å²) in [7, 11) is -3.50. The summed E-state index contributed by atoms with van der Waals surface area (Å²) in [6, 6.07) is 0. The molecule has 0 bridgehead atoms. The molecule has 1 atom stereocenters. The molecule has 0 spiro atoms. The van der Waals surface area contributed by atoms with Crippen molar-refractivity contribution in [3.63, 3.8) is 0 Å². The highest BCUT2D eigenvalue weighted by Gasteiger charge is 2.48. The van der Waals surface area contributed by atoms with Crippen molar-refractivity contribution >= 4 is 21.8 Å². The van der Waals surface area contributed by atoms with E-state index in [1.54, 1.807) is 34.6 Å². The van der Waals surface area contributed by atoms with Crippen molar-refractivity contribution in [3.8, 4) is 0 Å². The molecule has 1 unspecified atom stereocenters. The molecule has 0 aliphatic heterocycles. The predicted molar refractivity (Wildman–Crippen MR) is 79.8 cm³/mol. The van der Waals surface area contributed by atoms with Crippen LogP contribution in [0.5, 0.6) is 0 Å². The van der Waals surface area contributed by atoms with Crippen molar-refractivity contribution in [2.75, 3.05) is 12.4 Å².